The molecule has 0 aliphatic carbocycles. The van der Waals surface area contributed by atoms with Crippen molar-refractivity contribution < 1.29 is 0 Å². The van der Waals surface area contributed by atoms with Crippen LogP contribution in [0.3, 0.4) is 0 Å². The van der Waals surface area contributed by atoms with Crippen LogP contribution in [0.1, 0.15) is 25.8 Å². The van der Waals surface area contributed by atoms with Gasteiger partial charge in [0.1, 0.15) is 5.52 Å². The fourth-order valence-electron chi connectivity index (χ4n) is 2.79. The van der Waals surface area contributed by atoms with Crippen molar-refractivity contribution in [1.82, 2.24) is 14.5 Å². The Kier molecular flexibility index (Phi) is 3.37. The van der Waals surface area contributed by atoms with Gasteiger partial charge in [0, 0.05) is 11.7 Å². The topological polar surface area (TPSA) is 56.7 Å². The molecule has 2 N–H and O–H groups in total. The maximum absolute atomic E-state index is 6.13. The number of anilines is 1. The maximum Gasteiger partial charge on any atom is 0.201 e. The number of imidazole rings is 1. The number of benzene rings is 1. The second kappa shape index (κ2) is 5.20. The van der Waals surface area contributed by atoms with E-state index in [0.29, 0.717) is 5.95 Å². The Balaban J connectivity index is 1.91. The van der Waals surface area contributed by atoms with Crippen LogP contribution in [-0.2, 0) is 12.0 Å². The van der Waals surface area contributed by atoms with Gasteiger partial charge in [-0.2, -0.15) is 0 Å². The quantitative estimate of drug-likeness (QED) is 0.797. The SMILES string of the molecule is CC(C)(CCc1ccccc1)n1c(N)nc2cnccc21. The summed E-state index contributed by atoms with van der Waals surface area (Å²) >= 11 is 0. The van der Waals surface area contributed by atoms with Crippen LogP contribution in [0.4, 0.5) is 5.95 Å². The molecule has 108 valence electrons. The molecule has 0 atom stereocenters. The molecule has 2 aromatic heterocycles. The molecule has 0 bridgehead atoms. The number of nitrogens with zero attached hydrogens (tertiary/aromatic N) is 3. The normalized spacial score (nSPS) is 11.9. The molecule has 3 rings (SSSR count). The van der Waals surface area contributed by atoms with Gasteiger partial charge in [-0.3, -0.25) is 4.98 Å². The Morgan fingerprint density at radius 2 is 1.90 bits per heavy atom. The zero-order valence-electron chi connectivity index (χ0n) is 12.5. The number of hydrogen-bond donors (Lipinski definition) is 1. The predicted octanol–water partition coefficient (Wildman–Crippen LogP) is 3.38. The number of aryl methyl sites for hydroxylation is 1. The summed E-state index contributed by atoms with van der Waals surface area (Å²) in [5.41, 5.74) is 9.27. The van der Waals surface area contributed by atoms with E-state index in [1.165, 1.54) is 5.56 Å². The minimum Gasteiger partial charge on any atom is -0.369 e. The van der Waals surface area contributed by atoms with Gasteiger partial charge in [-0.1, -0.05) is 30.3 Å². The van der Waals surface area contributed by atoms with Crippen molar-refractivity contribution in [3.05, 3.63) is 54.4 Å². The highest BCUT2D eigenvalue weighted by molar-refractivity contribution is 5.77. The fraction of sp³-hybridized carbons (Fsp3) is 0.294. The van der Waals surface area contributed by atoms with Crippen LogP contribution in [0.15, 0.2) is 48.8 Å². The van der Waals surface area contributed by atoms with Gasteiger partial charge in [-0.15, -0.1) is 0 Å². The molecule has 2 heterocycles. The van der Waals surface area contributed by atoms with E-state index in [4.69, 9.17) is 5.73 Å². The highest BCUT2D eigenvalue weighted by Crippen LogP contribution is 2.30. The van der Waals surface area contributed by atoms with Crippen molar-refractivity contribution >= 4 is 17.0 Å². The van der Waals surface area contributed by atoms with E-state index in [0.717, 1.165) is 23.9 Å². The van der Waals surface area contributed by atoms with Crippen LogP contribution in [0.2, 0.25) is 0 Å². The first-order valence-corrected chi connectivity index (χ1v) is 7.20. The van der Waals surface area contributed by atoms with E-state index < -0.39 is 0 Å². The van der Waals surface area contributed by atoms with Crippen LogP contribution < -0.4 is 5.73 Å². The largest absolute Gasteiger partial charge is 0.369 e. The molecular formula is C17H20N4. The zero-order valence-corrected chi connectivity index (χ0v) is 12.5. The molecule has 3 aromatic rings. The molecule has 0 radical (unpaired) electrons. The summed E-state index contributed by atoms with van der Waals surface area (Å²) in [7, 11) is 0. The van der Waals surface area contributed by atoms with Crippen LogP contribution in [-0.4, -0.2) is 14.5 Å². The van der Waals surface area contributed by atoms with Gasteiger partial charge in [0.2, 0.25) is 5.95 Å². The Bertz CT molecular complexity index is 744. The standard InChI is InChI=1S/C17H20N4/c1-17(2,10-8-13-6-4-3-5-7-13)21-15-9-11-19-12-14(15)20-16(21)18/h3-7,9,11-12H,8,10H2,1-2H3,(H2,18,20). The van der Waals surface area contributed by atoms with Gasteiger partial charge >= 0.3 is 0 Å². The van der Waals surface area contributed by atoms with Gasteiger partial charge in [0.05, 0.1) is 11.7 Å². The molecule has 0 aliphatic heterocycles. The number of fused-ring (bicyclic) bond motifs is 1. The highest BCUT2D eigenvalue weighted by Gasteiger charge is 2.25. The molecule has 0 fully saturated rings. The van der Waals surface area contributed by atoms with Crippen molar-refractivity contribution in [2.45, 2.75) is 32.2 Å². The molecule has 0 spiro atoms. The molecule has 4 heteroatoms. The van der Waals surface area contributed by atoms with E-state index in [-0.39, 0.29) is 5.54 Å². The summed E-state index contributed by atoms with van der Waals surface area (Å²) in [5.74, 6) is 0.552. The summed E-state index contributed by atoms with van der Waals surface area (Å²) < 4.78 is 2.12. The minimum atomic E-state index is -0.101. The average Bonchev–Trinajstić information content (AvgIpc) is 2.83. The number of pyridine rings is 1. The summed E-state index contributed by atoms with van der Waals surface area (Å²) in [6.45, 7) is 4.40. The lowest BCUT2D eigenvalue weighted by molar-refractivity contribution is 0.342. The van der Waals surface area contributed by atoms with Gasteiger partial charge in [-0.05, 0) is 38.3 Å². The van der Waals surface area contributed by atoms with Gasteiger partial charge < -0.3 is 10.3 Å². The number of rotatable bonds is 4. The third-order valence-electron chi connectivity index (χ3n) is 3.96. The highest BCUT2D eigenvalue weighted by atomic mass is 15.2. The second-order valence-corrected chi connectivity index (χ2v) is 5.97. The first-order chi connectivity index (χ1) is 10.1. The first-order valence-electron chi connectivity index (χ1n) is 7.20. The predicted molar refractivity (Wildman–Crippen MR) is 86.0 cm³/mol. The lowest BCUT2D eigenvalue weighted by Gasteiger charge is -2.28. The van der Waals surface area contributed by atoms with Gasteiger partial charge in [-0.25, -0.2) is 4.98 Å². The van der Waals surface area contributed by atoms with Crippen molar-refractivity contribution in [2.75, 3.05) is 5.73 Å². The summed E-state index contributed by atoms with van der Waals surface area (Å²) in [4.78, 5) is 8.52. The average molecular weight is 280 g/mol. The van der Waals surface area contributed by atoms with Crippen LogP contribution in [0.25, 0.3) is 11.0 Å². The molecule has 4 nitrogen and oxygen atoms in total. The molecular weight excluding hydrogens is 260 g/mol. The first kappa shape index (κ1) is 13.6. The third kappa shape index (κ3) is 2.61. The summed E-state index contributed by atoms with van der Waals surface area (Å²) in [6.07, 6.45) is 5.55. The van der Waals surface area contributed by atoms with Crippen LogP contribution in [0, 0.1) is 0 Å². The molecule has 0 saturated heterocycles. The van der Waals surface area contributed by atoms with Crippen LogP contribution in [0.5, 0.6) is 0 Å². The van der Waals surface area contributed by atoms with Crippen molar-refractivity contribution in [2.24, 2.45) is 0 Å². The van der Waals surface area contributed by atoms with E-state index in [1.54, 1.807) is 12.4 Å². The minimum absolute atomic E-state index is 0.101. The smallest absolute Gasteiger partial charge is 0.201 e. The Hall–Kier alpha value is -2.36. The second-order valence-electron chi connectivity index (χ2n) is 5.97. The van der Waals surface area contributed by atoms with Crippen molar-refractivity contribution in [3.63, 3.8) is 0 Å². The van der Waals surface area contributed by atoms with E-state index in [9.17, 15) is 0 Å². The third-order valence-corrected chi connectivity index (χ3v) is 3.96. The number of nitrogens with two attached hydrogens (primary N) is 1. The van der Waals surface area contributed by atoms with Crippen molar-refractivity contribution in [3.8, 4) is 0 Å². The number of hydrogen-bond acceptors (Lipinski definition) is 3. The Labute approximate surface area is 124 Å². The Morgan fingerprint density at radius 3 is 2.67 bits per heavy atom. The summed E-state index contributed by atoms with van der Waals surface area (Å²) in [6, 6.07) is 12.5. The monoisotopic (exact) mass is 280 g/mol. The number of nitrogen functional groups attached to an aromatic ring is 1. The molecule has 0 unspecified atom stereocenters. The molecule has 21 heavy (non-hydrogen) atoms. The Morgan fingerprint density at radius 1 is 1.14 bits per heavy atom. The van der Waals surface area contributed by atoms with Gasteiger partial charge in [0.25, 0.3) is 0 Å². The molecule has 0 amide bonds. The molecule has 0 aliphatic rings. The van der Waals surface area contributed by atoms with Crippen LogP contribution >= 0.6 is 0 Å². The fourth-order valence-corrected chi connectivity index (χ4v) is 2.79. The van der Waals surface area contributed by atoms with Crippen molar-refractivity contribution in [1.29, 1.82) is 0 Å². The van der Waals surface area contributed by atoms with E-state index in [1.807, 2.05) is 12.1 Å². The van der Waals surface area contributed by atoms with E-state index in [2.05, 4.69) is 52.6 Å². The maximum atomic E-state index is 6.13. The van der Waals surface area contributed by atoms with Gasteiger partial charge in [0.15, 0.2) is 0 Å². The van der Waals surface area contributed by atoms with E-state index >= 15 is 0 Å². The lowest BCUT2D eigenvalue weighted by atomic mass is 9.94. The molecule has 0 saturated carbocycles. The zero-order chi connectivity index (χ0) is 14.9. The lowest BCUT2D eigenvalue weighted by Crippen LogP contribution is -2.28. The number of aromatic nitrogens is 3. The summed E-state index contributed by atoms with van der Waals surface area (Å²) in [5, 5.41) is 0. The molecule has 1 aromatic carbocycles.